The first-order valence-corrected chi connectivity index (χ1v) is 9.16. The number of carbonyl (C=O) groups excluding carboxylic acids is 2. The van der Waals surface area contributed by atoms with Crippen molar-refractivity contribution in [3.05, 3.63) is 71.3 Å². The lowest BCUT2D eigenvalue weighted by molar-refractivity contribution is -0.121. The summed E-state index contributed by atoms with van der Waals surface area (Å²) in [7, 11) is 0. The highest BCUT2D eigenvalue weighted by Gasteiger charge is 2.31. The number of urea groups is 1. The quantitative estimate of drug-likeness (QED) is 0.875. The Morgan fingerprint density at radius 1 is 0.962 bits per heavy atom. The van der Waals surface area contributed by atoms with Crippen LogP contribution >= 0.6 is 0 Å². The normalized spacial score (nSPS) is 20.2. The third-order valence-corrected chi connectivity index (χ3v) is 5.25. The predicted octanol–water partition coefficient (Wildman–Crippen LogP) is 2.43. The van der Waals surface area contributed by atoms with Crippen molar-refractivity contribution in [1.82, 2.24) is 15.5 Å². The van der Waals surface area contributed by atoms with Gasteiger partial charge >= 0.3 is 6.03 Å². The molecule has 0 radical (unpaired) electrons. The lowest BCUT2D eigenvalue weighted by atomic mass is 10.0. The summed E-state index contributed by atoms with van der Waals surface area (Å²) in [4.78, 5) is 26.9. The summed E-state index contributed by atoms with van der Waals surface area (Å²) in [5.74, 6) is -0.0116. The molecule has 2 N–H and O–H groups in total. The third kappa shape index (κ3) is 3.43. The molecule has 5 heteroatoms. The smallest absolute Gasteiger partial charge is 0.318 e. The van der Waals surface area contributed by atoms with Crippen LogP contribution in [0.5, 0.6) is 0 Å². The van der Waals surface area contributed by atoms with Gasteiger partial charge in [0, 0.05) is 19.1 Å². The standard InChI is InChI=1S/C21H23N3O2/c25-20-14-19(15-6-2-1-3-7-15)24(11-10-22-20)21(26)23-18-12-16-8-4-5-9-17(16)13-18/h1-9,18-19H,10-14H2,(H,22,25)(H,23,26)/t19-/m0/s1. The summed E-state index contributed by atoms with van der Waals surface area (Å²) in [5.41, 5.74) is 3.62. The van der Waals surface area contributed by atoms with Crippen LogP contribution in [0.25, 0.3) is 0 Å². The summed E-state index contributed by atoms with van der Waals surface area (Å²) < 4.78 is 0. The lowest BCUT2D eigenvalue weighted by Gasteiger charge is -2.31. The Morgan fingerprint density at radius 2 is 1.62 bits per heavy atom. The molecule has 2 aromatic carbocycles. The van der Waals surface area contributed by atoms with Gasteiger partial charge in [0.05, 0.1) is 12.5 Å². The van der Waals surface area contributed by atoms with Gasteiger partial charge in [0.15, 0.2) is 0 Å². The van der Waals surface area contributed by atoms with Crippen LogP contribution in [0.3, 0.4) is 0 Å². The molecule has 0 saturated carbocycles. The van der Waals surface area contributed by atoms with E-state index in [-0.39, 0.29) is 24.0 Å². The molecule has 2 aromatic rings. The molecule has 0 bridgehead atoms. The largest absolute Gasteiger partial charge is 0.354 e. The highest BCUT2D eigenvalue weighted by Crippen LogP contribution is 2.27. The zero-order valence-electron chi connectivity index (χ0n) is 14.7. The molecule has 1 atom stereocenters. The molecule has 5 nitrogen and oxygen atoms in total. The van der Waals surface area contributed by atoms with E-state index >= 15 is 0 Å². The van der Waals surface area contributed by atoms with Crippen LogP contribution in [-0.2, 0) is 17.6 Å². The van der Waals surface area contributed by atoms with E-state index in [4.69, 9.17) is 0 Å². The van der Waals surface area contributed by atoms with E-state index in [0.29, 0.717) is 19.5 Å². The van der Waals surface area contributed by atoms with Gasteiger partial charge in [-0.25, -0.2) is 4.79 Å². The van der Waals surface area contributed by atoms with Crippen LogP contribution in [0.2, 0.25) is 0 Å². The van der Waals surface area contributed by atoms with Crippen LogP contribution in [0.15, 0.2) is 54.6 Å². The Labute approximate surface area is 153 Å². The van der Waals surface area contributed by atoms with Crippen LogP contribution in [0.4, 0.5) is 4.79 Å². The fraction of sp³-hybridized carbons (Fsp3) is 0.333. The van der Waals surface area contributed by atoms with E-state index in [1.54, 1.807) is 4.90 Å². The van der Waals surface area contributed by atoms with Gasteiger partial charge in [-0.05, 0) is 29.5 Å². The Morgan fingerprint density at radius 3 is 2.31 bits per heavy atom. The van der Waals surface area contributed by atoms with Crippen molar-refractivity contribution in [3.8, 4) is 0 Å². The number of nitrogens with one attached hydrogen (secondary N) is 2. The zero-order chi connectivity index (χ0) is 17.9. The molecule has 1 aliphatic carbocycles. The molecule has 3 amide bonds. The first-order chi connectivity index (χ1) is 12.7. The molecule has 134 valence electrons. The summed E-state index contributed by atoms with van der Waals surface area (Å²) in [6.45, 7) is 0.997. The molecule has 0 unspecified atom stereocenters. The van der Waals surface area contributed by atoms with Crippen molar-refractivity contribution in [2.75, 3.05) is 13.1 Å². The second-order valence-electron chi connectivity index (χ2n) is 7.00. The number of rotatable bonds is 2. The number of fused-ring (bicyclic) bond motifs is 1. The van der Waals surface area contributed by atoms with Crippen LogP contribution in [0.1, 0.15) is 29.2 Å². The second kappa shape index (κ2) is 7.20. The highest BCUT2D eigenvalue weighted by molar-refractivity contribution is 5.80. The fourth-order valence-corrected chi connectivity index (χ4v) is 3.96. The zero-order valence-corrected chi connectivity index (χ0v) is 14.7. The van der Waals surface area contributed by atoms with Crippen LogP contribution in [0, 0.1) is 0 Å². The first kappa shape index (κ1) is 16.6. The van der Waals surface area contributed by atoms with Crippen LogP contribution in [-0.4, -0.2) is 36.0 Å². The Balaban J connectivity index is 1.50. The summed E-state index contributed by atoms with van der Waals surface area (Å²) >= 11 is 0. The minimum atomic E-state index is -0.234. The number of hydrogen-bond donors (Lipinski definition) is 2. The van der Waals surface area contributed by atoms with E-state index in [9.17, 15) is 9.59 Å². The number of benzene rings is 2. The van der Waals surface area contributed by atoms with Gasteiger partial charge in [-0.1, -0.05) is 54.6 Å². The van der Waals surface area contributed by atoms with Gasteiger partial charge in [-0.15, -0.1) is 0 Å². The van der Waals surface area contributed by atoms with Crippen molar-refractivity contribution in [1.29, 1.82) is 0 Å². The maximum absolute atomic E-state index is 13.0. The molecular weight excluding hydrogens is 326 g/mol. The number of hydrogen-bond acceptors (Lipinski definition) is 2. The van der Waals surface area contributed by atoms with Crippen molar-refractivity contribution in [3.63, 3.8) is 0 Å². The fourth-order valence-electron chi connectivity index (χ4n) is 3.96. The molecule has 26 heavy (non-hydrogen) atoms. The molecule has 0 spiro atoms. The maximum Gasteiger partial charge on any atom is 0.318 e. The van der Waals surface area contributed by atoms with Gasteiger partial charge in [-0.2, -0.15) is 0 Å². The van der Waals surface area contributed by atoms with E-state index < -0.39 is 0 Å². The third-order valence-electron chi connectivity index (χ3n) is 5.25. The molecule has 1 fully saturated rings. The van der Waals surface area contributed by atoms with Gasteiger partial charge in [0.2, 0.25) is 5.91 Å². The maximum atomic E-state index is 13.0. The number of nitrogens with zero attached hydrogens (tertiary/aromatic N) is 1. The number of amides is 3. The van der Waals surface area contributed by atoms with E-state index in [0.717, 1.165) is 18.4 Å². The summed E-state index contributed by atoms with van der Waals surface area (Å²) in [5, 5.41) is 6.06. The average molecular weight is 349 g/mol. The Hall–Kier alpha value is -2.82. The summed E-state index contributed by atoms with van der Waals surface area (Å²) in [6, 6.07) is 17.9. The van der Waals surface area contributed by atoms with Crippen molar-refractivity contribution >= 4 is 11.9 Å². The topological polar surface area (TPSA) is 61.4 Å². The average Bonchev–Trinajstić information content (AvgIpc) is 2.95. The van der Waals surface area contributed by atoms with Crippen molar-refractivity contribution in [2.24, 2.45) is 0 Å². The highest BCUT2D eigenvalue weighted by atomic mass is 16.2. The minimum Gasteiger partial charge on any atom is -0.354 e. The SMILES string of the molecule is O=C1C[C@@H](c2ccccc2)N(C(=O)NC2Cc3ccccc3C2)CCN1. The van der Waals surface area contributed by atoms with Crippen molar-refractivity contribution in [2.45, 2.75) is 31.3 Å². The molecule has 4 rings (SSSR count). The minimum absolute atomic E-state index is 0.0116. The molecule has 1 aliphatic heterocycles. The van der Waals surface area contributed by atoms with E-state index in [1.165, 1.54) is 11.1 Å². The molecule has 1 heterocycles. The second-order valence-corrected chi connectivity index (χ2v) is 7.00. The molecule has 1 saturated heterocycles. The summed E-state index contributed by atoms with van der Waals surface area (Å²) in [6.07, 6.45) is 2.02. The Bertz CT molecular complexity index is 781. The molecule has 0 aromatic heterocycles. The molecule has 2 aliphatic rings. The van der Waals surface area contributed by atoms with Gasteiger partial charge in [-0.3, -0.25) is 4.79 Å². The van der Waals surface area contributed by atoms with E-state index in [2.05, 4.69) is 22.8 Å². The lowest BCUT2D eigenvalue weighted by Crippen LogP contribution is -2.47. The van der Waals surface area contributed by atoms with Gasteiger partial charge in [0.1, 0.15) is 0 Å². The number of carbonyl (C=O) groups is 2. The van der Waals surface area contributed by atoms with Gasteiger partial charge in [0.25, 0.3) is 0 Å². The Kier molecular flexibility index (Phi) is 4.61. The van der Waals surface area contributed by atoms with Gasteiger partial charge < -0.3 is 15.5 Å². The monoisotopic (exact) mass is 349 g/mol. The van der Waals surface area contributed by atoms with Crippen LogP contribution < -0.4 is 10.6 Å². The van der Waals surface area contributed by atoms with E-state index in [1.807, 2.05) is 42.5 Å². The van der Waals surface area contributed by atoms with Crippen molar-refractivity contribution < 1.29 is 9.59 Å². The predicted molar refractivity (Wildman–Crippen MR) is 99.7 cm³/mol. The molecular formula is C21H23N3O2. The first-order valence-electron chi connectivity index (χ1n) is 9.16.